The van der Waals surface area contributed by atoms with Crippen molar-refractivity contribution in [1.82, 2.24) is 9.47 Å². The van der Waals surface area contributed by atoms with Gasteiger partial charge in [-0.3, -0.25) is 0 Å². The monoisotopic (exact) mass is 280 g/mol. The van der Waals surface area contributed by atoms with Crippen molar-refractivity contribution in [2.24, 2.45) is 17.0 Å². The van der Waals surface area contributed by atoms with E-state index in [0.29, 0.717) is 0 Å². The zero-order chi connectivity index (χ0) is 14.5. The maximum atomic E-state index is 4.77. The Morgan fingerprint density at radius 3 is 2.38 bits per heavy atom. The molecule has 0 unspecified atom stereocenters. The molecule has 0 spiro atoms. The van der Waals surface area contributed by atoms with Gasteiger partial charge in [-0.2, -0.15) is 4.99 Å². The van der Waals surface area contributed by atoms with Crippen LogP contribution in [0.5, 0.6) is 0 Å². The van der Waals surface area contributed by atoms with Crippen LogP contribution in [0.2, 0.25) is 0 Å². The molecule has 4 nitrogen and oxygen atoms in total. The van der Waals surface area contributed by atoms with E-state index in [4.69, 9.17) is 9.98 Å². The summed E-state index contributed by atoms with van der Waals surface area (Å²) in [5, 5.41) is 0. The second kappa shape index (κ2) is 6.39. The third kappa shape index (κ3) is 3.40. The van der Waals surface area contributed by atoms with Crippen molar-refractivity contribution in [2.75, 3.05) is 13.1 Å². The maximum absolute atomic E-state index is 4.77. The van der Waals surface area contributed by atoms with Gasteiger partial charge < -0.3 is 9.47 Å². The molecule has 3 rings (SSSR count). The average Bonchev–Trinajstić information content (AvgIpc) is 3.04. The number of hydrogen-bond acceptors (Lipinski definition) is 1. The highest BCUT2D eigenvalue weighted by Crippen LogP contribution is 2.15. The first-order valence-corrected chi connectivity index (χ1v) is 7.38. The molecule has 2 heterocycles. The van der Waals surface area contributed by atoms with Crippen molar-refractivity contribution in [1.29, 1.82) is 0 Å². The van der Waals surface area contributed by atoms with Gasteiger partial charge in [0.15, 0.2) is 0 Å². The van der Waals surface area contributed by atoms with E-state index in [-0.39, 0.29) is 0 Å². The molecule has 1 aliphatic heterocycles. The van der Waals surface area contributed by atoms with E-state index in [2.05, 4.69) is 4.90 Å². The maximum Gasteiger partial charge on any atom is 0.227 e. The molecular formula is C17H20N4. The molecule has 1 fully saturated rings. The summed E-state index contributed by atoms with van der Waals surface area (Å²) in [6, 6.07) is 16.0. The average molecular weight is 280 g/mol. The van der Waals surface area contributed by atoms with E-state index in [1.165, 1.54) is 12.8 Å². The number of pyridine rings is 1. The SMILES string of the molecule is Cn1cccc/c1=N\C(=Nc1ccccc1)N1CCCC1. The Kier molecular flexibility index (Phi) is 4.15. The van der Waals surface area contributed by atoms with Gasteiger partial charge >= 0.3 is 0 Å². The quantitative estimate of drug-likeness (QED) is 0.584. The number of aryl methyl sites for hydroxylation is 1. The molecule has 0 amide bonds. The van der Waals surface area contributed by atoms with Crippen LogP contribution in [0.15, 0.2) is 64.7 Å². The highest BCUT2D eigenvalue weighted by Gasteiger charge is 2.15. The van der Waals surface area contributed by atoms with Gasteiger partial charge in [0.25, 0.3) is 0 Å². The summed E-state index contributed by atoms with van der Waals surface area (Å²) in [7, 11) is 2.00. The largest absolute Gasteiger partial charge is 0.341 e. The lowest BCUT2D eigenvalue weighted by atomic mass is 10.3. The Morgan fingerprint density at radius 2 is 1.67 bits per heavy atom. The second-order valence-corrected chi connectivity index (χ2v) is 5.22. The zero-order valence-corrected chi connectivity index (χ0v) is 12.3. The molecule has 0 saturated carbocycles. The number of nitrogens with zero attached hydrogens (tertiary/aromatic N) is 4. The molecule has 1 saturated heterocycles. The molecule has 0 bridgehead atoms. The summed E-state index contributed by atoms with van der Waals surface area (Å²) in [6.45, 7) is 2.07. The van der Waals surface area contributed by atoms with Crippen LogP contribution < -0.4 is 5.49 Å². The Labute approximate surface area is 125 Å². The summed E-state index contributed by atoms with van der Waals surface area (Å²) in [5.74, 6) is 0.806. The van der Waals surface area contributed by atoms with Crippen molar-refractivity contribution >= 4 is 11.6 Å². The van der Waals surface area contributed by atoms with Crippen molar-refractivity contribution in [3.63, 3.8) is 0 Å². The molecule has 0 aliphatic carbocycles. The zero-order valence-electron chi connectivity index (χ0n) is 12.3. The van der Waals surface area contributed by atoms with Crippen molar-refractivity contribution < 1.29 is 0 Å². The lowest BCUT2D eigenvalue weighted by molar-refractivity contribution is 0.511. The predicted molar refractivity (Wildman–Crippen MR) is 85.3 cm³/mol. The smallest absolute Gasteiger partial charge is 0.227 e. The van der Waals surface area contributed by atoms with Crippen LogP contribution in [0.4, 0.5) is 5.69 Å². The first-order chi connectivity index (χ1) is 10.3. The van der Waals surface area contributed by atoms with Gasteiger partial charge in [0.2, 0.25) is 5.96 Å². The summed E-state index contributed by atoms with van der Waals surface area (Å²) >= 11 is 0. The summed E-state index contributed by atoms with van der Waals surface area (Å²) in [5.41, 5.74) is 1.86. The van der Waals surface area contributed by atoms with Gasteiger partial charge in [-0.1, -0.05) is 24.3 Å². The normalized spacial score (nSPS) is 16.5. The topological polar surface area (TPSA) is 32.9 Å². The summed E-state index contributed by atoms with van der Waals surface area (Å²) in [6.07, 6.45) is 4.43. The molecule has 4 heteroatoms. The van der Waals surface area contributed by atoms with Gasteiger partial charge in [-0.15, -0.1) is 0 Å². The molecule has 0 N–H and O–H groups in total. The fourth-order valence-corrected chi connectivity index (χ4v) is 2.43. The third-order valence-electron chi connectivity index (χ3n) is 3.62. The van der Waals surface area contributed by atoms with E-state index in [1.807, 2.05) is 66.3 Å². The van der Waals surface area contributed by atoms with Gasteiger partial charge in [-0.05, 0) is 37.1 Å². The number of guanidine groups is 1. The number of likely N-dealkylation sites (tertiary alicyclic amines) is 1. The molecule has 0 atom stereocenters. The van der Waals surface area contributed by atoms with Crippen LogP contribution in [-0.2, 0) is 7.05 Å². The highest BCUT2D eigenvalue weighted by molar-refractivity contribution is 5.83. The Morgan fingerprint density at radius 1 is 0.952 bits per heavy atom. The minimum absolute atomic E-state index is 0.806. The van der Waals surface area contributed by atoms with Crippen LogP contribution >= 0.6 is 0 Å². The first kappa shape index (κ1) is 13.6. The number of aliphatic imine (C=N–C) groups is 1. The Balaban J connectivity index is 2.03. The predicted octanol–water partition coefficient (Wildman–Crippen LogP) is 2.71. The van der Waals surface area contributed by atoms with E-state index in [0.717, 1.165) is 30.2 Å². The minimum Gasteiger partial charge on any atom is -0.341 e. The van der Waals surface area contributed by atoms with Gasteiger partial charge in [0.05, 0.1) is 5.69 Å². The lowest BCUT2D eigenvalue weighted by Gasteiger charge is -2.16. The van der Waals surface area contributed by atoms with Crippen LogP contribution in [0.1, 0.15) is 12.8 Å². The molecule has 2 aromatic rings. The Bertz CT molecular complexity index is 679. The van der Waals surface area contributed by atoms with Crippen LogP contribution in [-0.4, -0.2) is 28.5 Å². The van der Waals surface area contributed by atoms with Gasteiger partial charge in [0.1, 0.15) is 5.49 Å². The summed E-state index contributed by atoms with van der Waals surface area (Å²) in [4.78, 5) is 11.8. The molecule has 1 aromatic heterocycles. The molecule has 108 valence electrons. The highest BCUT2D eigenvalue weighted by atomic mass is 15.3. The van der Waals surface area contributed by atoms with Gasteiger partial charge in [-0.25, -0.2) is 4.99 Å². The third-order valence-corrected chi connectivity index (χ3v) is 3.62. The summed E-state index contributed by atoms with van der Waals surface area (Å²) < 4.78 is 2.01. The number of para-hydroxylation sites is 1. The van der Waals surface area contributed by atoms with E-state index in [1.54, 1.807) is 0 Å². The standard InChI is InChI=1S/C17H20N4/c1-20-12-6-5-11-16(20)19-17(21-13-7-8-14-21)18-15-9-3-2-4-10-15/h2-6,9-12H,7-8,13-14H2,1H3/b18-17?,19-16+. The first-order valence-electron chi connectivity index (χ1n) is 7.38. The number of benzene rings is 1. The molecule has 1 aromatic carbocycles. The van der Waals surface area contributed by atoms with Crippen LogP contribution in [0.3, 0.4) is 0 Å². The van der Waals surface area contributed by atoms with Crippen molar-refractivity contribution in [2.45, 2.75) is 12.8 Å². The van der Waals surface area contributed by atoms with Gasteiger partial charge in [0, 0.05) is 26.3 Å². The molecule has 21 heavy (non-hydrogen) atoms. The molecule has 1 aliphatic rings. The van der Waals surface area contributed by atoms with Crippen molar-refractivity contribution in [3.05, 3.63) is 60.2 Å². The van der Waals surface area contributed by atoms with Crippen LogP contribution in [0, 0.1) is 0 Å². The second-order valence-electron chi connectivity index (χ2n) is 5.22. The minimum atomic E-state index is 0.806. The number of rotatable bonds is 1. The fraction of sp³-hybridized carbons (Fsp3) is 0.294. The number of aromatic nitrogens is 1. The lowest BCUT2D eigenvalue weighted by Crippen LogP contribution is -2.29. The van der Waals surface area contributed by atoms with E-state index >= 15 is 0 Å². The molecule has 0 radical (unpaired) electrons. The number of hydrogen-bond donors (Lipinski definition) is 0. The van der Waals surface area contributed by atoms with Crippen LogP contribution in [0.25, 0.3) is 0 Å². The fourth-order valence-electron chi connectivity index (χ4n) is 2.43. The van der Waals surface area contributed by atoms with E-state index in [9.17, 15) is 0 Å². The Hall–Kier alpha value is -2.36. The van der Waals surface area contributed by atoms with Crippen molar-refractivity contribution in [3.8, 4) is 0 Å². The van der Waals surface area contributed by atoms with E-state index < -0.39 is 0 Å². The molecular weight excluding hydrogens is 260 g/mol.